The van der Waals surface area contributed by atoms with Crippen LogP contribution in [0.1, 0.15) is 39.0 Å². The van der Waals surface area contributed by atoms with Gasteiger partial charge in [0.05, 0.1) is 35.9 Å². The summed E-state index contributed by atoms with van der Waals surface area (Å²) in [7, 11) is 0. The van der Waals surface area contributed by atoms with Crippen LogP contribution in [0.5, 0.6) is 5.75 Å². The van der Waals surface area contributed by atoms with Crippen molar-refractivity contribution in [3.8, 4) is 11.4 Å². The molecule has 162 valence electrons. The first-order valence-electron chi connectivity index (χ1n) is 10.1. The zero-order valence-electron chi connectivity index (χ0n) is 17.4. The van der Waals surface area contributed by atoms with Gasteiger partial charge in [0.15, 0.2) is 11.4 Å². The molecule has 0 saturated carbocycles. The number of nitrogens with zero attached hydrogens (tertiary/aromatic N) is 4. The molecule has 0 atom stereocenters. The number of rotatable bonds is 6. The Morgan fingerprint density at radius 3 is 2.31 bits per heavy atom. The molecule has 4 aromatic rings. The first-order valence-corrected chi connectivity index (χ1v) is 10.1. The zero-order valence-corrected chi connectivity index (χ0v) is 17.4. The molecule has 2 aromatic carbocycles. The summed E-state index contributed by atoms with van der Waals surface area (Å²) in [4.78, 5) is 25.1. The third-order valence-corrected chi connectivity index (χ3v) is 4.92. The molecule has 0 aliphatic rings. The van der Waals surface area contributed by atoms with Gasteiger partial charge in [-0.25, -0.2) is 4.68 Å². The van der Waals surface area contributed by atoms with Gasteiger partial charge < -0.3 is 5.11 Å². The van der Waals surface area contributed by atoms with E-state index in [0.717, 1.165) is 11.3 Å². The number of nitrogens with one attached hydrogen (secondary N) is 2. The second kappa shape index (κ2) is 9.17. The molecule has 9 nitrogen and oxygen atoms in total. The largest absolute Gasteiger partial charge is 0.504 e. The minimum atomic E-state index is -0.736. The van der Waals surface area contributed by atoms with Crippen LogP contribution in [0, 0.1) is 0 Å². The minimum absolute atomic E-state index is 0.204. The Hall–Kier alpha value is -4.40. The third kappa shape index (κ3) is 4.36. The number of aromatic nitrogens is 4. The van der Waals surface area contributed by atoms with Crippen molar-refractivity contribution in [1.29, 1.82) is 0 Å². The van der Waals surface area contributed by atoms with Gasteiger partial charge in [0.1, 0.15) is 0 Å². The average Bonchev–Trinajstić information content (AvgIpc) is 3.41. The topological polar surface area (TPSA) is 114 Å². The summed E-state index contributed by atoms with van der Waals surface area (Å²) in [5, 5.41) is 18.5. The molecule has 2 heterocycles. The van der Waals surface area contributed by atoms with Crippen molar-refractivity contribution in [2.24, 2.45) is 0 Å². The molecular weight excluding hydrogens is 408 g/mol. The smallest absolute Gasteiger partial charge is 0.294 e. The lowest BCUT2D eigenvalue weighted by Gasteiger charge is -2.09. The monoisotopic (exact) mass is 430 g/mol. The molecule has 0 spiro atoms. The van der Waals surface area contributed by atoms with E-state index in [0.29, 0.717) is 24.2 Å². The highest BCUT2D eigenvalue weighted by Gasteiger charge is 2.20. The van der Waals surface area contributed by atoms with E-state index in [-0.39, 0.29) is 11.4 Å². The Labute approximate surface area is 184 Å². The molecule has 0 bridgehead atoms. The second-order valence-corrected chi connectivity index (χ2v) is 7.05. The molecule has 0 aliphatic carbocycles. The zero-order chi connectivity index (χ0) is 22.5. The maximum atomic E-state index is 12.7. The second-order valence-electron chi connectivity index (χ2n) is 7.05. The lowest BCUT2D eigenvalue weighted by Crippen LogP contribution is -2.42. The van der Waals surface area contributed by atoms with E-state index in [1.807, 2.05) is 55.5 Å². The Bertz CT molecular complexity index is 1230. The van der Waals surface area contributed by atoms with E-state index in [2.05, 4.69) is 21.0 Å². The van der Waals surface area contributed by atoms with E-state index in [4.69, 9.17) is 0 Å². The molecule has 0 saturated heterocycles. The van der Waals surface area contributed by atoms with Crippen LogP contribution in [0.25, 0.3) is 5.69 Å². The number of hydrogen-bond acceptors (Lipinski definition) is 5. The van der Waals surface area contributed by atoms with Crippen molar-refractivity contribution in [2.75, 3.05) is 0 Å². The van der Waals surface area contributed by atoms with Crippen LogP contribution < -0.4 is 10.9 Å². The highest BCUT2D eigenvalue weighted by atomic mass is 16.3. The quantitative estimate of drug-likeness (QED) is 0.407. The van der Waals surface area contributed by atoms with Crippen LogP contribution in [0.2, 0.25) is 0 Å². The molecule has 4 rings (SSSR count). The van der Waals surface area contributed by atoms with Gasteiger partial charge in [-0.1, -0.05) is 55.5 Å². The van der Waals surface area contributed by atoms with Crippen LogP contribution in [0.15, 0.2) is 73.1 Å². The molecule has 0 fully saturated rings. The van der Waals surface area contributed by atoms with Crippen molar-refractivity contribution in [1.82, 2.24) is 30.4 Å². The van der Waals surface area contributed by atoms with Crippen molar-refractivity contribution in [2.45, 2.75) is 19.9 Å². The summed E-state index contributed by atoms with van der Waals surface area (Å²) in [5.41, 5.74) is 7.33. The minimum Gasteiger partial charge on any atom is -0.504 e. The number of carbonyl (C=O) groups is 2. The highest BCUT2D eigenvalue weighted by Crippen LogP contribution is 2.18. The summed E-state index contributed by atoms with van der Waals surface area (Å²) in [6, 6.07) is 18.9. The Kier molecular flexibility index (Phi) is 5.98. The summed E-state index contributed by atoms with van der Waals surface area (Å²) in [6.45, 7) is 2.47. The summed E-state index contributed by atoms with van der Waals surface area (Å²) in [5.74, 6) is -1.54. The third-order valence-electron chi connectivity index (χ3n) is 4.92. The van der Waals surface area contributed by atoms with Crippen LogP contribution in [0.4, 0.5) is 0 Å². The van der Waals surface area contributed by atoms with Gasteiger partial charge >= 0.3 is 0 Å². The van der Waals surface area contributed by atoms with Crippen molar-refractivity contribution < 1.29 is 14.7 Å². The number of benzene rings is 2. The standard InChI is InChI=1S/C23H22N6O3/c1-2-19-18(13-24-29(19)14-16-9-5-3-6-10-16)22(31)25-26-23(32)21-20(30)15-28(27-21)17-11-7-4-8-12-17/h3-13,15,30H,2,14H2,1H3,(H,25,31)(H,26,32). The fourth-order valence-electron chi connectivity index (χ4n) is 3.35. The lowest BCUT2D eigenvalue weighted by atomic mass is 10.2. The number of carbonyl (C=O) groups excluding carboxylic acids is 2. The lowest BCUT2D eigenvalue weighted by molar-refractivity contribution is 0.0841. The van der Waals surface area contributed by atoms with E-state index >= 15 is 0 Å². The Morgan fingerprint density at radius 2 is 1.62 bits per heavy atom. The van der Waals surface area contributed by atoms with E-state index < -0.39 is 11.8 Å². The predicted octanol–water partition coefficient (Wildman–Crippen LogP) is 2.46. The van der Waals surface area contributed by atoms with Gasteiger partial charge in [0.2, 0.25) is 0 Å². The van der Waals surface area contributed by atoms with Gasteiger partial charge in [-0.2, -0.15) is 10.2 Å². The fraction of sp³-hybridized carbons (Fsp3) is 0.130. The first-order chi connectivity index (χ1) is 15.6. The number of hydrogen-bond donors (Lipinski definition) is 3. The first kappa shape index (κ1) is 20.9. The molecule has 3 N–H and O–H groups in total. The molecule has 0 aliphatic heterocycles. The van der Waals surface area contributed by atoms with E-state index in [9.17, 15) is 14.7 Å². The average molecular weight is 430 g/mol. The van der Waals surface area contributed by atoms with Gasteiger partial charge in [-0.15, -0.1) is 0 Å². The number of aromatic hydroxyl groups is 1. The molecule has 9 heteroatoms. The van der Waals surface area contributed by atoms with E-state index in [1.54, 1.807) is 16.8 Å². The highest BCUT2D eigenvalue weighted by molar-refractivity contribution is 5.99. The van der Waals surface area contributed by atoms with Gasteiger partial charge in [-0.05, 0) is 24.1 Å². The van der Waals surface area contributed by atoms with Crippen molar-refractivity contribution in [3.05, 3.63) is 95.6 Å². The molecule has 2 amide bonds. The van der Waals surface area contributed by atoms with Crippen LogP contribution in [0.3, 0.4) is 0 Å². The van der Waals surface area contributed by atoms with Crippen LogP contribution in [-0.4, -0.2) is 36.5 Å². The summed E-state index contributed by atoms with van der Waals surface area (Å²) >= 11 is 0. The Morgan fingerprint density at radius 1 is 0.969 bits per heavy atom. The normalized spacial score (nSPS) is 10.7. The molecule has 2 aromatic heterocycles. The maximum Gasteiger partial charge on any atom is 0.294 e. The van der Waals surface area contributed by atoms with Gasteiger partial charge in [0, 0.05) is 0 Å². The SMILES string of the molecule is CCc1c(C(=O)NNC(=O)c2nn(-c3ccccc3)cc2O)cnn1Cc1ccccc1. The molecule has 0 unspecified atom stereocenters. The fourth-order valence-corrected chi connectivity index (χ4v) is 3.35. The van der Waals surface area contributed by atoms with Crippen molar-refractivity contribution >= 4 is 11.8 Å². The Balaban J connectivity index is 1.44. The van der Waals surface area contributed by atoms with Gasteiger partial charge in [0.25, 0.3) is 11.8 Å². The summed E-state index contributed by atoms with van der Waals surface area (Å²) in [6.07, 6.45) is 3.39. The van der Waals surface area contributed by atoms with Crippen LogP contribution >= 0.6 is 0 Å². The number of hydrazine groups is 1. The summed E-state index contributed by atoms with van der Waals surface area (Å²) < 4.78 is 3.15. The van der Waals surface area contributed by atoms with Crippen molar-refractivity contribution in [3.63, 3.8) is 0 Å². The number of amides is 2. The van der Waals surface area contributed by atoms with E-state index in [1.165, 1.54) is 17.1 Å². The maximum absolute atomic E-state index is 12.7. The molecule has 32 heavy (non-hydrogen) atoms. The predicted molar refractivity (Wildman–Crippen MR) is 117 cm³/mol. The van der Waals surface area contributed by atoms with Crippen LogP contribution in [-0.2, 0) is 13.0 Å². The molecule has 0 radical (unpaired) electrons. The van der Waals surface area contributed by atoms with Gasteiger partial charge in [-0.3, -0.25) is 25.1 Å². The number of para-hydroxylation sites is 1. The molecular formula is C23H22N6O3.